The molecule has 1 aromatic carbocycles. The average Bonchev–Trinajstić information content (AvgIpc) is 2.83. The molecule has 0 saturated carbocycles. The van der Waals surface area contributed by atoms with Gasteiger partial charge in [0.1, 0.15) is 4.88 Å². The van der Waals surface area contributed by atoms with Crippen LogP contribution in [0, 0.1) is 27.7 Å². The fraction of sp³-hybridized carbons (Fsp3) is 0.353. The van der Waals surface area contributed by atoms with Crippen molar-refractivity contribution in [2.45, 2.75) is 33.9 Å². The molecular formula is C17H20F3N3O3S. The molecule has 0 unspecified atom stereocenters. The van der Waals surface area contributed by atoms with Crippen LogP contribution >= 0.6 is 11.3 Å². The Hall–Kier alpha value is -2.62. The number of carbonyl (C=O) groups is 2. The maximum atomic E-state index is 12.6. The molecule has 2 aromatic rings. The maximum absolute atomic E-state index is 12.6. The number of thiazole rings is 1. The highest BCUT2D eigenvalue weighted by Crippen LogP contribution is 2.29. The van der Waals surface area contributed by atoms with E-state index in [1.165, 1.54) is 16.9 Å². The quantitative estimate of drug-likeness (QED) is 0.794. The molecule has 3 N–H and O–H groups in total. The third-order valence-electron chi connectivity index (χ3n) is 3.53. The van der Waals surface area contributed by atoms with E-state index in [-0.39, 0.29) is 5.91 Å². The fourth-order valence-corrected chi connectivity index (χ4v) is 3.38. The number of aliphatic carboxylic acids is 1. The number of nitrogens with two attached hydrogens (primary N) is 1. The number of alkyl halides is 3. The van der Waals surface area contributed by atoms with Crippen LogP contribution in [0.25, 0.3) is 0 Å². The van der Waals surface area contributed by atoms with E-state index in [0.29, 0.717) is 15.7 Å². The molecule has 0 radical (unpaired) electrons. The summed E-state index contributed by atoms with van der Waals surface area (Å²) in [5.41, 5.74) is 10.7. The third-order valence-corrected chi connectivity index (χ3v) is 4.50. The number of rotatable bonds is 2. The number of nitrogen functional groups attached to an aromatic ring is 1. The highest BCUT2D eigenvalue weighted by molar-refractivity contribution is 7.17. The van der Waals surface area contributed by atoms with E-state index in [1.807, 2.05) is 20.8 Å². The number of carbonyl (C=O) groups excluding carboxylic acids is 1. The minimum atomic E-state index is -5.08. The van der Waals surface area contributed by atoms with Crippen LogP contribution in [-0.4, -0.2) is 35.2 Å². The summed E-state index contributed by atoms with van der Waals surface area (Å²) >= 11 is 1.24. The van der Waals surface area contributed by atoms with Crippen molar-refractivity contribution in [1.29, 1.82) is 0 Å². The van der Waals surface area contributed by atoms with Crippen molar-refractivity contribution in [1.82, 2.24) is 4.98 Å². The van der Waals surface area contributed by atoms with E-state index >= 15 is 0 Å². The lowest BCUT2D eigenvalue weighted by molar-refractivity contribution is -0.192. The Morgan fingerprint density at radius 2 is 1.59 bits per heavy atom. The highest BCUT2D eigenvalue weighted by Gasteiger charge is 2.38. The number of carboxylic acid groups (broad SMARTS) is 1. The van der Waals surface area contributed by atoms with Gasteiger partial charge in [-0.1, -0.05) is 29.0 Å². The summed E-state index contributed by atoms with van der Waals surface area (Å²) in [7, 11) is 1.79. The largest absolute Gasteiger partial charge is 0.490 e. The van der Waals surface area contributed by atoms with Gasteiger partial charge in [-0.2, -0.15) is 13.2 Å². The molecule has 0 aliphatic rings. The zero-order valence-corrected chi connectivity index (χ0v) is 16.2. The van der Waals surface area contributed by atoms with Gasteiger partial charge in [0.25, 0.3) is 5.91 Å². The smallest absolute Gasteiger partial charge is 0.475 e. The predicted molar refractivity (Wildman–Crippen MR) is 98.3 cm³/mol. The summed E-state index contributed by atoms with van der Waals surface area (Å²) in [5.74, 6) is -2.82. The number of nitrogens with zero attached hydrogens (tertiary/aromatic N) is 2. The van der Waals surface area contributed by atoms with E-state index in [2.05, 4.69) is 24.0 Å². The van der Waals surface area contributed by atoms with Crippen LogP contribution in [0.5, 0.6) is 0 Å². The van der Waals surface area contributed by atoms with Gasteiger partial charge < -0.3 is 15.7 Å². The summed E-state index contributed by atoms with van der Waals surface area (Å²) in [6.07, 6.45) is -5.08. The Kier molecular flexibility index (Phi) is 6.96. The maximum Gasteiger partial charge on any atom is 0.490 e. The highest BCUT2D eigenvalue weighted by atomic mass is 32.1. The average molecular weight is 403 g/mol. The van der Waals surface area contributed by atoms with Crippen molar-refractivity contribution in [3.63, 3.8) is 0 Å². The van der Waals surface area contributed by atoms with E-state index in [0.717, 1.165) is 16.8 Å². The molecule has 0 fully saturated rings. The van der Waals surface area contributed by atoms with Crippen LogP contribution in [0.1, 0.15) is 32.1 Å². The van der Waals surface area contributed by atoms with Gasteiger partial charge in [-0.3, -0.25) is 4.79 Å². The molecule has 27 heavy (non-hydrogen) atoms. The SMILES string of the molecule is Cc1cc(C)c(N(C)C(=O)c2sc(N)nc2C)c(C)c1.O=C(O)C(F)(F)F. The number of halogens is 3. The summed E-state index contributed by atoms with van der Waals surface area (Å²) < 4.78 is 31.7. The number of aryl methyl sites for hydroxylation is 4. The second-order valence-electron chi connectivity index (χ2n) is 5.88. The second kappa shape index (κ2) is 8.38. The molecule has 0 aliphatic heterocycles. The molecule has 6 nitrogen and oxygen atoms in total. The van der Waals surface area contributed by atoms with Crippen LogP contribution in [0.2, 0.25) is 0 Å². The zero-order chi connectivity index (χ0) is 21.1. The third kappa shape index (κ3) is 5.68. The summed E-state index contributed by atoms with van der Waals surface area (Å²) in [6, 6.07) is 4.17. The fourth-order valence-electron chi connectivity index (χ4n) is 2.57. The summed E-state index contributed by atoms with van der Waals surface area (Å²) in [6.45, 7) is 7.91. The normalized spacial score (nSPS) is 10.8. The Bertz CT molecular complexity index is 840. The van der Waals surface area contributed by atoms with Gasteiger partial charge in [0.05, 0.1) is 5.69 Å². The van der Waals surface area contributed by atoms with Crippen molar-refractivity contribution in [3.8, 4) is 0 Å². The van der Waals surface area contributed by atoms with Crippen LogP contribution in [0.3, 0.4) is 0 Å². The van der Waals surface area contributed by atoms with Crippen molar-refractivity contribution in [2.75, 3.05) is 17.7 Å². The first-order chi connectivity index (χ1) is 12.3. The molecule has 1 heterocycles. The topological polar surface area (TPSA) is 96.5 Å². The molecule has 0 saturated heterocycles. The second-order valence-corrected chi connectivity index (χ2v) is 6.91. The zero-order valence-electron chi connectivity index (χ0n) is 15.4. The van der Waals surface area contributed by atoms with Gasteiger partial charge in [0.15, 0.2) is 5.13 Å². The number of aromatic nitrogens is 1. The standard InChI is InChI=1S/C15H19N3OS.C2HF3O2/c1-8-6-9(2)12(10(3)7-8)18(5)14(19)13-11(4)17-15(16)20-13;3-2(4,5)1(6)7/h6-7H,1-5H3,(H2,16,17);(H,6,7). The molecule has 2 rings (SSSR count). The summed E-state index contributed by atoms with van der Waals surface area (Å²) in [4.78, 5) is 27.9. The molecular weight excluding hydrogens is 383 g/mol. The summed E-state index contributed by atoms with van der Waals surface area (Å²) in [5, 5.41) is 7.55. The number of anilines is 2. The van der Waals surface area contributed by atoms with Crippen molar-refractivity contribution in [3.05, 3.63) is 39.4 Å². The number of amides is 1. The Labute approximate surface area is 158 Å². The van der Waals surface area contributed by atoms with Crippen molar-refractivity contribution >= 4 is 34.0 Å². The molecule has 1 amide bonds. The molecule has 148 valence electrons. The van der Waals surface area contributed by atoms with Gasteiger partial charge in [-0.25, -0.2) is 9.78 Å². The lowest BCUT2D eigenvalue weighted by Gasteiger charge is -2.22. The first-order valence-electron chi connectivity index (χ1n) is 7.64. The molecule has 1 aromatic heterocycles. The van der Waals surface area contributed by atoms with Crippen LogP contribution in [0.15, 0.2) is 12.1 Å². The van der Waals surface area contributed by atoms with Gasteiger partial charge in [0.2, 0.25) is 0 Å². The van der Waals surface area contributed by atoms with E-state index < -0.39 is 12.1 Å². The monoisotopic (exact) mass is 403 g/mol. The molecule has 10 heteroatoms. The number of carboxylic acids is 1. The van der Waals surface area contributed by atoms with Gasteiger partial charge in [-0.15, -0.1) is 0 Å². The Morgan fingerprint density at radius 1 is 1.15 bits per heavy atom. The molecule has 0 bridgehead atoms. The molecule has 0 aliphatic carbocycles. The lowest BCUT2D eigenvalue weighted by atomic mass is 10.0. The first-order valence-corrected chi connectivity index (χ1v) is 8.46. The first kappa shape index (κ1) is 22.4. The van der Waals surface area contributed by atoms with Gasteiger partial charge in [-0.05, 0) is 38.8 Å². The predicted octanol–water partition coefficient (Wildman–Crippen LogP) is 3.87. The van der Waals surface area contributed by atoms with Gasteiger partial charge in [0, 0.05) is 12.7 Å². The van der Waals surface area contributed by atoms with Crippen LogP contribution in [0.4, 0.5) is 24.0 Å². The molecule has 0 spiro atoms. The van der Waals surface area contributed by atoms with E-state index in [1.54, 1.807) is 11.9 Å². The van der Waals surface area contributed by atoms with Crippen LogP contribution < -0.4 is 10.6 Å². The number of hydrogen-bond acceptors (Lipinski definition) is 5. The lowest BCUT2D eigenvalue weighted by Crippen LogP contribution is -2.27. The van der Waals surface area contributed by atoms with Crippen molar-refractivity contribution < 1.29 is 27.9 Å². The van der Waals surface area contributed by atoms with Gasteiger partial charge >= 0.3 is 12.1 Å². The van der Waals surface area contributed by atoms with Crippen LogP contribution in [-0.2, 0) is 4.79 Å². The minimum Gasteiger partial charge on any atom is -0.475 e. The number of benzene rings is 1. The Balaban J connectivity index is 0.000000445. The van der Waals surface area contributed by atoms with Crippen molar-refractivity contribution in [2.24, 2.45) is 0 Å². The minimum absolute atomic E-state index is 0.0632. The number of hydrogen-bond donors (Lipinski definition) is 2. The van der Waals surface area contributed by atoms with E-state index in [9.17, 15) is 18.0 Å². The Morgan fingerprint density at radius 3 is 1.93 bits per heavy atom. The van der Waals surface area contributed by atoms with E-state index in [4.69, 9.17) is 15.6 Å². The molecule has 0 atom stereocenters.